The average Bonchev–Trinajstić information content (AvgIpc) is 2.37. The first-order valence-corrected chi connectivity index (χ1v) is 6.78. The van der Waals surface area contributed by atoms with Gasteiger partial charge in [-0.2, -0.15) is 0 Å². The Morgan fingerprint density at radius 3 is 2.55 bits per heavy atom. The third kappa shape index (κ3) is 3.96. The summed E-state index contributed by atoms with van der Waals surface area (Å²) in [7, 11) is 1.31. The number of ether oxygens (including phenoxy) is 3. The van der Waals surface area contributed by atoms with Gasteiger partial charge in [-0.1, -0.05) is 13.8 Å². The van der Waals surface area contributed by atoms with Crippen LogP contribution in [0, 0.1) is 5.92 Å². The van der Waals surface area contributed by atoms with Gasteiger partial charge in [0, 0.05) is 25.9 Å². The zero-order chi connectivity index (χ0) is 15.3. The number of nitrogens with one attached hydrogen (secondary N) is 1. The van der Waals surface area contributed by atoms with E-state index in [2.05, 4.69) is 5.32 Å². The Bertz CT molecular complexity index is 402. The Morgan fingerprint density at radius 1 is 1.45 bits per heavy atom. The van der Waals surface area contributed by atoms with Gasteiger partial charge in [0.2, 0.25) is 12.2 Å². The summed E-state index contributed by atoms with van der Waals surface area (Å²) in [6, 6.07) is -0.456. The molecule has 0 aromatic rings. The Kier molecular flexibility index (Phi) is 6.01. The lowest BCUT2D eigenvalue weighted by Gasteiger charge is -2.34. The minimum Gasteiger partial charge on any atom is -0.468 e. The summed E-state index contributed by atoms with van der Waals surface area (Å²) in [5.41, 5.74) is 0.369. The van der Waals surface area contributed by atoms with Gasteiger partial charge in [-0.05, 0) is 6.92 Å². The number of esters is 1. The van der Waals surface area contributed by atoms with E-state index in [0.29, 0.717) is 24.4 Å². The Labute approximate surface area is 119 Å². The number of carbonyl (C=O) groups excluding carboxylic acids is 2. The van der Waals surface area contributed by atoms with Gasteiger partial charge < -0.3 is 19.5 Å². The minimum atomic E-state index is -0.484. The molecular formula is C14H23NO5. The largest absolute Gasteiger partial charge is 0.468 e. The molecule has 2 atom stereocenters. The summed E-state index contributed by atoms with van der Waals surface area (Å²) in [6.07, 6.45) is -0.0868. The van der Waals surface area contributed by atoms with Crippen LogP contribution in [-0.2, 0) is 23.8 Å². The van der Waals surface area contributed by atoms with Gasteiger partial charge in [0.25, 0.3) is 0 Å². The number of methoxy groups -OCH3 is 1. The second-order valence-electron chi connectivity index (χ2n) is 4.92. The summed E-state index contributed by atoms with van der Waals surface area (Å²) in [6.45, 7) is 7.60. The first kappa shape index (κ1) is 16.5. The fourth-order valence-corrected chi connectivity index (χ4v) is 2.20. The maximum absolute atomic E-state index is 12.0. The van der Waals surface area contributed by atoms with Gasteiger partial charge in [0.1, 0.15) is 5.76 Å². The highest BCUT2D eigenvalue weighted by molar-refractivity contribution is 5.91. The highest BCUT2D eigenvalue weighted by atomic mass is 16.7. The predicted molar refractivity (Wildman–Crippen MR) is 72.6 cm³/mol. The molecule has 1 amide bonds. The molecule has 0 saturated carbocycles. The van der Waals surface area contributed by atoms with Gasteiger partial charge >= 0.3 is 5.97 Å². The van der Waals surface area contributed by atoms with E-state index in [1.165, 1.54) is 14.0 Å². The van der Waals surface area contributed by atoms with Crippen molar-refractivity contribution in [3.63, 3.8) is 0 Å². The highest BCUT2D eigenvalue weighted by Gasteiger charge is 2.37. The van der Waals surface area contributed by atoms with Crippen LogP contribution in [0.4, 0.5) is 0 Å². The lowest BCUT2D eigenvalue weighted by Crippen LogP contribution is -2.45. The smallest absolute Gasteiger partial charge is 0.339 e. The first-order chi connectivity index (χ1) is 9.40. The van der Waals surface area contributed by atoms with Crippen LogP contribution in [0.15, 0.2) is 11.3 Å². The fraction of sp³-hybridized carbons (Fsp3) is 0.714. The second-order valence-corrected chi connectivity index (χ2v) is 4.92. The number of hydrogen-bond acceptors (Lipinski definition) is 5. The maximum atomic E-state index is 12.0. The van der Waals surface area contributed by atoms with Crippen molar-refractivity contribution >= 4 is 11.9 Å². The molecule has 0 aromatic carbocycles. The monoisotopic (exact) mass is 285 g/mol. The molecule has 0 aliphatic carbocycles. The van der Waals surface area contributed by atoms with Crippen molar-refractivity contribution in [2.24, 2.45) is 5.92 Å². The van der Waals surface area contributed by atoms with Crippen LogP contribution < -0.4 is 5.32 Å². The van der Waals surface area contributed by atoms with E-state index in [0.717, 1.165) is 0 Å². The molecule has 0 bridgehead atoms. The lowest BCUT2D eigenvalue weighted by molar-refractivity contribution is -0.147. The zero-order valence-electron chi connectivity index (χ0n) is 12.7. The summed E-state index contributed by atoms with van der Waals surface area (Å²) >= 11 is 0. The number of allylic oxidation sites excluding steroid dienone is 1. The first-order valence-electron chi connectivity index (χ1n) is 6.78. The van der Waals surface area contributed by atoms with Gasteiger partial charge in [-0.25, -0.2) is 4.79 Å². The molecule has 6 heteroatoms. The Balaban J connectivity index is 3.16. The lowest BCUT2D eigenvalue weighted by atomic mass is 9.94. The number of carbonyl (C=O) groups is 2. The molecule has 20 heavy (non-hydrogen) atoms. The van der Waals surface area contributed by atoms with Crippen molar-refractivity contribution in [1.82, 2.24) is 5.32 Å². The van der Waals surface area contributed by atoms with E-state index in [9.17, 15) is 9.59 Å². The zero-order valence-corrected chi connectivity index (χ0v) is 12.7. The van der Waals surface area contributed by atoms with E-state index in [1.54, 1.807) is 0 Å². The predicted octanol–water partition coefficient (Wildman–Crippen LogP) is 1.36. The molecule has 114 valence electrons. The van der Waals surface area contributed by atoms with Crippen molar-refractivity contribution in [2.45, 2.75) is 46.4 Å². The van der Waals surface area contributed by atoms with Crippen molar-refractivity contribution in [2.75, 3.05) is 13.7 Å². The molecule has 1 heterocycles. The summed E-state index contributed by atoms with van der Waals surface area (Å²) < 4.78 is 16.0. The van der Waals surface area contributed by atoms with Crippen LogP contribution in [0.1, 0.15) is 34.1 Å². The summed E-state index contributed by atoms with van der Waals surface area (Å²) in [5, 5.41) is 2.76. The van der Waals surface area contributed by atoms with Crippen LogP contribution in [0.3, 0.4) is 0 Å². The van der Waals surface area contributed by atoms with Gasteiger partial charge in [0.05, 0.1) is 18.7 Å². The molecule has 1 N–H and O–H groups in total. The van der Waals surface area contributed by atoms with E-state index in [-0.39, 0.29) is 11.8 Å². The molecule has 0 unspecified atom stereocenters. The molecule has 0 spiro atoms. The SMILES string of the molecule is CCO[C@@H]1C[C@H](NC(C)=O)C(C(=O)OC)=C(C(C)C)O1. The van der Waals surface area contributed by atoms with Gasteiger partial charge in [-0.3, -0.25) is 4.79 Å². The molecule has 0 aromatic heterocycles. The third-order valence-electron chi connectivity index (χ3n) is 2.96. The fourth-order valence-electron chi connectivity index (χ4n) is 2.20. The van der Waals surface area contributed by atoms with E-state index >= 15 is 0 Å². The summed E-state index contributed by atoms with van der Waals surface area (Å²) in [5.74, 6) is -0.192. The molecular weight excluding hydrogens is 262 g/mol. The van der Waals surface area contributed by atoms with Crippen LogP contribution in [0.25, 0.3) is 0 Å². The van der Waals surface area contributed by atoms with Crippen LogP contribution >= 0.6 is 0 Å². The van der Waals surface area contributed by atoms with Gasteiger partial charge in [0.15, 0.2) is 0 Å². The number of amides is 1. The molecule has 1 rings (SSSR count). The highest BCUT2D eigenvalue weighted by Crippen LogP contribution is 2.30. The number of rotatable bonds is 5. The molecule has 6 nitrogen and oxygen atoms in total. The van der Waals surface area contributed by atoms with Crippen molar-refractivity contribution in [3.05, 3.63) is 11.3 Å². The summed E-state index contributed by atoms with van der Waals surface area (Å²) in [4.78, 5) is 23.3. The Morgan fingerprint density at radius 2 is 2.10 bits per heavy atom. The quantitative estimate of drug-likeness (QED) is 0.772. The van der Waals surface area contributed by atoms with Crippen LogP contribution in [0.2, 0.25) is 0 Å². The molecule has 0 radical (unpaired) electrons. The van der Waals surface area contributed by atoms with E-state index in [4.69, 9.17) is 14.2 Å². The van der Waals surface area contributed by atoms with Crippen molar-refractivity contribution < 1.29 is 23.8 Å². The van der Waals surface area contributed by atoms with Crippen molar-refractivity contribution in [3.8, 4) is 0 Å². The molecule has 1 aliphatic heterocycles. The Hall–Kier alpha value is -1.56. The van der Waals surface area contributed by atoms with E-state index in [1.807, 2.05) is 20.8 Å². The van der Waals surface area contributed by atoms with E-state index < -0.39 is 18.3 Å². The standard InChI is InChI=1S/C14H23NO5/c1-6-19-11-7-10(15-9(4)16)12(14(17)18-5)13(20-11)8(2)3/h8,10-11H,6-7H2,1-5H3,(H,15,16)/t10-,11-/m0/s1. The topological polar surface area (TPSA) is 73.9 Å². The van der Waals surface area contributed by atoms with Gasteiger partial charge in [-0.15, -0.1) is 0 Å². The molecule has 0 fully saturated rings. The second kappa shape index (κ2) is 7.28. The average molecular weight is 285 g/mol. The van der Waals surface area contributed by atoms with Crippen LogP contribution in [0.5, 0.6) is 0 Å². The van der Waals surface area contributed by atoms with Crippen LogP contribution in [-0.4, -0.2) is 37.9 Å². The maximum Gasteiger partial charge on any atom is 0.339 e. The number of hydrogen-bond donors (Lipinski definition) is 1. The minimum absolute atomic E-state index is 0.0105. The third-order valence-corrected chi connectivity index (χ3v) is 2.96. The normalized spacial score (nSPS) is 22.5. The molecule has 1 aliphatic rings. The molecule has 0 saturated heterocycles. The van der Waals surface area contributed by atoms with Crippen molar-refractivity contribution in [1.29, 1.82) is 0 Å².